The summed E-state index contributed by atoms with van der Waals surface area (Å²) in [5.41, 5.74) is 1.68. The molecule has 0 bridgehead atoms. The number of anilines is 1. The Balaban J connectivity index is 2.11. The molecule has 21 heavy (non-hydrogen) atoms. The number of piperidine rings is 1. The van der Waals surface area contributed by atoms with Gasteiger partial charge in [-0.15, -0.1) is 0 Å². The predicted molar refractivity (Wildman–Crippen MR) is 80.2 cm³/mol. The minimum absolute atomic E-state index is 0.342. The normalized spacial score (nSPS) is 18.3. The largest absolute Gasteiger partial charge is 0.480 e. The number of benzene rings is 1. The molecule has 0 aliphatic carbocycles. The molecular weight excluding hydrogens is 270 g/mol. The van der Waals surface area contributed by atoms with Crippen LogP contribution in [0.5, 0.6) is 0 Å². The van der Waals surface area contributed by atoms with E-state index in [4.69, 9.17) is 0 Å². The van der Waals surface area contributed by atoms with E-state index < -0.39 is 12.0 Å². The predicted octanol–water partition coefficient (Wildman–Crippen LogP) is 1.88. The Morgan fingerprint density at radius 3 is 2.81 bits per heavy atom. The third kappa shape index (κ3) is 3.72. The number of carboxylic acid groups (broad SMARTS) is 1. The lowest BCUT2D eigenvalue weighted by atomic mass is 10.0. The van der Waals surface area contributed by atoms with E-state index in [9.17, 15) is 14.7 Å². The van der Waals surface area contributed by atoms with E-state index in [-0.39, 0.29) is 6.03 Å². The molecule has 114 valence electrons. The first-order valence-electron chi connectivity index (χ1n) is 7.16. The van der Waals surface area contributed by atoms with Crippen molar-refractivity contribution in [3.8, 4) is 0 Å². The first kappa shape index (κ1) is 15.3. The molecule has 1 aromatic carbocycles. The third-order valence-corrected chi connectivity index (χ3v) is 3.67. The Bertz CT molecular complexity index is 519. The van der Waals surface area contributed by atoms with Gasteiger partial charge in [-0.05, 0) is 37.9 Å². The van der Waals surface area contributed by atoms with Gasteiger partial charge in [0, 0.05) is 18.8 Å². The summed E-state index contributed by atoms with van der Waals surface area (Å²) in [4.78, 5) is 25.0. The van der Waals surface area contributed by atoms with Gasteiger partial charge in [-0.3, -0.25) is 0 Å². The summed E-state index contributed by atoms with van der Waals surface area (Å²) in [5.74, 6) is -0.937. The molecule has 0 spiro atoms. The summed E-state index contributed by atoms with van der Waals surface area (Å²) in [6.45, 7) is 1.12. The van der Waals surface area contributed by atoms with Gasteiger partial charge in [0.05, 0.1) is 0 Å². The molecule has 1 aromatic rings. The second-order valence-corrected chi connectivity index (χ2v) is 5.16. The number of hydrogen-bond donors (Lipinski definition) is 3. The van der Waals surface area contributed by atoms with E-state index in [0.29, 0.717) is 25.2 Å². The Labute approximate surface area is 124 Å². The summed E-state index contributed by atoms with van der Waals surface area (Å²) < 4.78 is 0. The van der Waals surface area contributed by atoms with Crippen LogP contribution in [0.1, 0.15) is 24.8 Å². The van der Waals surface area contributed by atoms with Gasteiger partial charge in [0.2, 0.25) is 0 Å². The average molecular weight is 291 g/mol. The maximum absolute atomic E-state index is 12.4. The number of aliphatic carboxylic acids is 1. The molecule has 1 fully saturated rings. The van der Waals surface area contributed by atoms with Crippen LogP contribution in [0, 0.1) is 0 Å². The minimum atomic E-state index is -0.937. The number of rotatable bonds is 4. The van der Waals surface area contributed by atoms with Crippen LogP contribution in [0.3, 0.4) is 0 Å². The van der Waals surface area contributed by atoms with Crippen molar-refractivity contribution in [2.45, 2.75) is 31.8 Å². The molecule has 1 unspecified atom stereocenters. The van der Waals surface area contributed by atoms with Gasteiger partial charge >= 0.3 is 12.0 Å². The summed E-state index contributed by atoms with van der Waals surface area (Å²) in [5, 5.41) is 15.1. The highest BCUT2D eigenvalue weighted by molar-refractivity contribution is 5.93. The molecule has 1 aliphatic heterocycles. The summed E-state index contributed by atoms with van der Waals surface area (Å²) >= 11 is 0. The van der Waals surface area contributed by atoms with Gasteiger partial charge in [0.25, 0.3) is 0 Å². The first-order chi connectivity index (χ1) is 10.1. The van der Waals surface area contributed by atoms with Gasteiger partial charge in [-0.1, -0.05) is 18.2 Å². The lowest BCUT2D eigenvalue weighted by molar-refractivity contribution is -0.143. The lowest BCUT2D eigenvalue weighted by Crippen LogP contribution is -2.49. The topological polar surface area (TPSA) is 81.7 Å². The van der Waals surface area contributed by atoms with Crippen molar-refractivity contribution in [2.75, 3.05) is 18.9 Å². The van der Waals surface area contributed by atoms with Crippen LogP contribution in [0.2, 0.25) is 0 Å². The van der Waals surface area contributed by atoms with Crippen LogP contribution >= 0.6 is 0 Å². The van der Waals surface area contributed by atoms with Gasteiger partial charge in [0.1, 0.15) is 6.04 Å². The second-order valence-electron chi connectivity index (χ2n) is 5.16. The molecule has 1 heterocycles. The number of amides is 2. The molecule has 3 N–H and O–H groups in total. The Hall–Kier alpha value is -2.08. The SMILES string of the molecule is CNCc1ccccc1NC(=O)N1CCCCC1C(=O)O. The van der Waals surface area contributed by atoms with Crippen molar-refractivity contribution < 1.29 is 14.7 Å². The summed E-state index contributed by atoms with van der Waals surface area (Å²) in [6, 6.07) is 6.44. The van der Waals surface area contributed by atoms with Crippen LogP contribution < -0.4 is 10.6 Å². The molecule has 1 aliphatic rings. The molecule has 2 amide bonds. The van der Waals surface area contributed by atoms with E-state index >= 15 is 0 Å². The lowest BCUT2D eigenvalue weighted by Gasteiger charge is -2.33. The van der Waals surface area contributed by atoms with Crippen molar-refractivity contribution in [2.24, 2.45) is 0 Å². The van der Waals surface area contributed by atoms with E-state index in [1.165, 1.54) is 4.90 Å². The number of nitrogens with one attached hydrogen (secondary N) is 2. The Morgan fingerprint density at radius 2 is 2.10 bits per heavy atom. The molecule has 0 radical (unpaired) electrons. The number of carbonyl (C=O) groups excluding carboxylic acids is 1. The zero-order valence-corrected chi connectivity index (χ0v) is 12.1. The third-order valence-electron chi connectivity index (χ3n) is 3.67. The highest BCUT2D eigenvalue weighted by Gasteiger charge is 2.32. The smallest absolute Gasteiger partial charge is 0.326 e. The molecule has 6 heteroatoms. The van der Waals surface area contributed by atoms with Crippen molar-refractivity contribution in [3.05, 3.63) is 29.8 Å². The van der Waals surface area contributed by atoms with Crippen LogP contribution in [-0.4, -0.2) is 41.6 Å². The highest BCUT2D eigenvalue weighted by Crippen LogP contribution is 2.20. The maximum Gasteiger partial charge on any atom is 0.326 e. The summed E-state index contributed by atoms with van der Waals surface area (Å²) in [6.07, 6.45) is 2.20. The average Bonchev–Trinajstić information content (AvgIpc) is 2.49. The second kappa shape index (κ2) is 7.08. The van der Waals surface area contributed by atoms with Crippen LogP contribution in [0.4, 0.5) is 10.5 Å². The molecular formula is C15H21N3O3. The number of nitrogens with zero attached hydrogens (tertiary/aromatic N) is 1. The van der Waals surface area contributed by atoms with Crippen molar-refractivity contribution in [3.63, 3.8) is 0 Å². The number of para-hydroxylation sites is 1. The van der Waals surface area contributed by atoms with E-state index in [1.807, 2.05) is 31.3 Å². The monoisotopic (exact) mass is 291 g/mol. The van der Waals surface area contributed by atoms with E-state index in [0.717, 1.165) is 18.4 Å². The molecule has 1 atom stereocenters. The summed E-state index contributed by atoms with van der Waals surface area (Å²) in [7, 11) is 1.84. The minimum Gasteiger partial charge on any atom is -0.480 e. The zero-order chi connectivity index (χ0) is 15.2. The molecule has 0 saturated carbocycles. The number of urea groups is 1. The fourth-order valence-corrected chi connectivity index (χ4v) is 2.61. The van der Waals surface area contributed by atoms with Crippen molar-refractivity contribution in [1.29, 1.82) is 0 Å². The number of hydrogen-bond acceptors (Lipinski definition) is 3. The first-order valence-corrected chi connectivity index (χ1v) is 7.16. The van der Waals surface area contributed by atoms with Gasteiger partial charge in [0.15, 0.2) is 0 Å². The van der Waals surface area contributed by atoms with Crippen LogP contribution in [0.25, 0.3) is 0 Å². The fourth-order valence-electron chi connectivity index (χ4n) is 2.61. The highest BCUT2D eigenvalue weighted by atomic mass is 16.4. The van der Waals surface area contributed by atoms with Crippen molar-refractivity contribution >= 4 is 17.7 Å². The fraction of sp³-hybridized carbons (Fsp3) is 0.467. The van der Waals surface area contributed by atoms with Gasteiger partial charge < -0.3 is 20.6 Å². The quantitative estimate of drug-likeness (QED) is 0.791. The van der Waals surface area contributed by atoms with E-state index in [1.54, 1.807) is 0 Å². The molecule has 2 rings (SSSR count). The number of carbonyl (C=O) groups is 2. The zero-order valence-electron chi connectivity index (χ0n) is 12.1. The van der Waals surface area contributed by atoms with Crippen molar-refractivity contribution in [1.82, 2.24) is 10.2 Å². The van der Waals surface area contributed by atoms with Crippen LogP contribution in [0.15, 0.2) is 24.3 Å². The van der Waals surface area contributed by atoms with Gasteiger partial charge in [-0.2, -0.15) is 0 Å². The van der Waals surface area contributed by atoms with Crippen LogP contribution in [-0.2, 0) is 11.3 Å². The van der Waals surface area contributed by atoms with Gasteiger partial charge in [-0.25, -0.2) is 9.59 Å². The molecule has 0 aromatic heterocycles. The molecule has 6 nitrogen and oxygen atoms in total. The molecule has 1 saturated heterocycles. The number of likely N-dealkylation sites (tertiary alicyclic amines) is 1. The van der Waals surface area contributed by atoms with E-state index in [2.05, 4.69) is 10.6 Å². The Morgan fingerprint density at radius 1 is 1.33 bits per heavy atom. The maximum atomic E-state index is 12.4. The standard InChI is InChI=1S/C15H21N3O3/c1-16-10-11-6-2-3-7-12(11)17-15(21)18-9-5-4-8-13(18)14(19)20/h2-3,6-7,13,16H,4-5,8-10H2,1H3,(H,17,21)(H,19,20). The Kier molecular flexibility index (Phi) is 5.16. The number of carboxylic acids is 1.